The van der Waals surface area contributed by atoms with Crippen LogP contribution in [0.3, 0.4) is 0 Å². The number of carbonyl (C=O) groups is 1. The largest absolute Gasteiger partial charge is 0.444 e. The molecule has 0 bridgehead atoms. The molecule has 0 radical (unpaired) electrons. The zero-order chi connectivity index (χ0) is 15.6. The first-order valence-corrected chi connectivity index (χ1v) is 7.80. The van der Waals surface area contributed by atoms with Crippen molar-refractivity contribution < 1.29 is 19.0 Å². The van der Waals surface area contributed by atoms with E-state index < -0.39 is 17.9 Å². The molecule has 1 aliphatic heterocycles. The Hall–Kier alpha value is -0.880. The number of aliphatic hydroxyl groups is 1. The molecule has 1 aliphatic carbocycles. The normalized spacial score (nSPS) is 32.0. The van der Waals surface area contributed by atoms with Crippen molar-refractivity contribution >= 4 is 6.09 Å². The van der Waals surface area contributed by atoms with Crippen LogP contribution in [-0.2, 0) is 4.74 Å². The summed E-state index contributed by atoms with van der Waals surface area (Å²) in [5, 5.41) is 9.49. The number of rotatable bonds is 1. The van der Waals surface area contributed by atoms with Gasteiger partial charge in [0.25, 0.3) is 0 Å². The van der Waals surface area contributed by atoms with E-state index in [-0.39, 0.29) is 18.6 Å². The van der Waals surface area contributed by atoms with Gasteiger partial charge in [0.15, 0.2) is 0 Å². The molecule has 1 N–H and O–H groups in total. The Morgan fingerprint density at radius 1 is 1.19 bits per heavy atom. The second-order valence-corrected chi connectivity index (χ2v) is 7.05. The quantitative estimate of drug-likeness (QED) is 0.802. The number of aliphatic hydroxyl groups excluding tert-OH is 1. The van der Waals surface area contributed by atoms with Gasteiger partial charge in [0, 0.05) is 38.6 Å². The van der Waals surface area contributed by atoms with Crippen LogP contribution in [0.25, 0.3) is 0 Å². The van der Waals surface area contributed by atoms with Crippen LogP contribution >= 0.6 is 0 Å². The van der Waals surface area contributed by atoms with Crippen LogP contribution < -0.4 is 0 Å². The number of alkyl halides is 1. The van der Waals surface area contributed by atoms with Crippen LogP contribution in [0.15, 0.2) is 0 Å². The van der Waals surface area contributed by atoms with Crippen molar-refractivity contribution in [2.45, 2.75) is 64.0 Å². The van der Waals surface area contributed by atoms with E-state index >= 15 is 0 Å². The Kier molecular flexibility index (Phi) is 5.09. The minimum absolute atomic E-state index is 0.116. The smallest absolute Gasteiger partial charge is 0.410 e. The number of amides is 1. The van der Waals surface area contributed by atoms with E-state index in [4.69, 9.17) is 4.74 Å². The summed E-state index contributed by atoms with van der Waals surface area (Å²) in [6.07, 6.45) is -0.178. The van der Waals surface area contributed by atoms with E-state index in [1.165, 1.54) is 0 Å². The van der Waals surface area contributed by atoms with Crippen molar-refractivity contribution in [3.63, 3.8) is 0 Å². The van der Waals surface area contributed by atoms with Crippen molar-refractivity contribution in [1.82, 2.24) is 9.80 Å². The Morgan fingerprint density at radius 3 is 2.33 bits per heavy atom. The summed E-state index contributed by atoms with van der Waals surface area (Å²) in [6.45, 7) is 8.02. The standard InChI is InChI=1S/C15H27FN2O3/c1-15(2,3)21-14(20)18-8-6-17(7-9-18)13-5-4-11(19)10-12(13)16/h11-13,19H,4-10H2,1-3H3. The lowest BCUT2D eigenvalue weighted by molar-refractivity contribution is -0.0158. The highest BCUT2D eigenvalue weighted by Gasteiger charge is 2.36. The highest BCUT2D eigenvalue weighted by atomic mass is 19.1. The summed E-state index contributed by atoms with van der Waals surface area (Å²) in [6, 6.07) is -0.116. The zero-order valence-electron chi connectivity index (χ0n) is 13.2. The number of nitrogens with zero attached hydrogens (tertiary/aromatic N) is 2. The SMILES string of the molecule is CC(C)(C)OC(=O)N1CCN(C2CCC(O)CC2F)CC1. The lowest BCUT2D eigenvalue weighted by Crippen LogP contribution is -2.56. The van der Waals surface area contributed by atoms with Gasteiger partial charge in [0.2, 0.25) is 0 Å². The highest BCUT2D eigenvalue weighted by molar-refractivity contribution is 5.68. The molecule has 2 fully saturated rings. The average molecular weight is 302 g/mol. The van der Waals surface area contributed by atoms with Crippen LogP contribution in [0, 0.1) is 0 Å². The van der Waals surface area contributed by atoms with Gasteiger partial charge in [-0.05, 0) is 33.6 Å². The molecule has 122 valence electrons. The third kappa shape index (κ3) is 4.54. The van der Waals surface area contributed by atoms with Gasteiger partial charge in [-0.15, -0.1) is 0 Å². The van der Waals surface area contributed by atoms with Gasteiger partial charge in [-0.1, -0.05) is 0 Å². The van der Waals surface area contributed by atoms with E-state index in [1.54, 1.807) is 4.90 Å². The van der Waals surface area contributed by atoms with Crippen molar-refractivity contribution in [1.29, 1.82) is 0 Å². The highest BCUT2D eigenvalue weighted by Crippen LogP contribution is 2.27. The molecule has 0 spiro atoms. The first-order chi connectivity index (χ1) is 9.76. The predicted molar refractivity (Wildman–Crippen MR) is 77.9 cm³/mol. The minimum atomic E-state index is -0.971. The molecule has 2 rings (SSSR count). The third-order valence-corrected chi connectivity index (χ3v) is 4.15. The molecule has 0 aromatic carbocycles. The van der Waals surface area contributed by atoms with Crippen LogP contribution in [-0.4, -0.2) is 71.1 Å². The molecule has 6 heteroatoms. The minimum Gasteiger partial charge on any atom is -0.444 e. The number of hydrogen-bond acceptors (Lipinski definition) is 4. The molecular formula is C15H27FN2O3. The molecule has 1 saturated heterocycles. The average Bonchev–Trinajstić information content (AvgIpc) is 2.37. The fraction of sp³-hybridized carbons (Fsp3) is 0.933. The van der Waals surface area contributed by atoms with Gasteiger partial charge in [-0.2, -0.15) is 0 Å². The first-order valence-electron chi connectivity index (χ1n) is 7.80. The molecule has 21 heavy (non-hydrogen) atoms. The van der Waals surface area contributed by atoms with Crippen molar-refractivity contribution in [3.8, 4) is 0 Å². The molecule has 1 saturated carbocycles. The second-order valence-electron chi connectivity index (χ2n) is 7.05. The maximum absolute atomic E-state index is 14.1. The monoisotopic (exact) mass is 302 g/mol. The summed E-state index contributed by atoms with van der Waals surface area (Å²) >= 11 is 0. The second kappa shape index (κ2) is 6.48. The first kappa shape index (κ1) is 16.5. The maximum atomic E-state index is 14.1. The van der Waals surface area contributed by atoms with Gasteiger partial charge in [-0.25, -0.2) is 9.18 Å². The molecule has 1 amide bonds. The number of hydrogen-bond donors (Lipinski definition) is 1. The van der Waals surface area contributed by atoms with E-state index in [1.807, 2.05) is 20.8 Å². The van der Waals surface area contributed by atoms with Gasteiger partial charge < -0.3 is 14.7 Å². The molecule has 3 unspecified atom stereocenters. The fourth-order valence-corrected chi connectivity index (χ4v) is 3.05. The lowest BCUT2D eigenvalue weighted by Gasteiger charge is -2.42. The fourth-order valence-electron chi connectivity index (χ4n) is 3.05. The summed E-state index contributed by atoms with van der Waals surface area (Å²) in [5.74, 6) is 0. The summed E-state index contributed by atoms with van der Waals surface area (Å²) in [7, 11) is 0. The Labute approximate surface area is 126 Å². The van der Waals surface area contributed by atoms with E-state index in [9.17, 15) is 14.3 Å². The van der Waals surface area contributed by atoms with Crippen LogP contribution in [0.1, 0.15) is 40.0 Å². The van der Waals surface area contributed by atoms with Gasteiger partial charge in [0.05, 0.1) is 6.10 Å². The lowest BCUT2D eigenvalue weighted by atomic mass is 9.90. The number of piperazine rings is 1. The van der Waals surface area contributed by atoms with Crippen LogP contribution in [0.5, 0.6) is 0 Å². The maximum Gasteiger partial charge on any atom is 0.410 e. The van der Waals surface area contributed by atoms with Gasteiger partial charge in [-0.3, -0.25) is 4.90 Å². The zero-order valence-corrected chi connectivity index (χ0v) is 13.2. The molecule has 5 nitrogen and oxygen atoms in total. The van der Waals surface area contributed by atoms with Gasteiger partial charge in [0.1, 0.15) is 11.8 Å². The van der Waals surface area contributed by atoms with Crippen molar-refractivity contribution in [3.05, 3.63) is 0 Å². The van der Waals surface area contributed by atoms with Gasteiger partial charge >= 0.3 is 6.09 Å². The Bertz CT molecular complexity index is 364. The topological polar surface area (TPSA) is 53.0 Å². The van der Waals surface area contributed by atoms with Crippen molar-refractivity contribution in [2.24, 2.45) is 0 Å². The number of halogens is 1. The molecule has 0 aromatic heterocycles. The molecule has 1 heterocycles. The molecule has 0 aromatic rings. The summed E-state index contributed by atoms with van der Waals surface area (Å²) < 4.78 is 19.4. The van der Waals surface area contributed by atoms with E-state index in [2.05, 4.69) is 4.90 Å². The van der Waals surface area contributed by atoms with E-state index in [0.717, 1.165) is 0 Å². The van der Waals surface area contributed by atoms with Crippen molar-refractivity contribution in [2.75, 3.05) is 26.2 Å². The third-order valence-electron chi connectivity index (χ3n) is 4.15. The summed E-state index contributed by atoms with van der Waals surface area (Å²) in [4.78, 5) is 15.8. The van der Waals surface area contributed by atoms with Crippen LogP contribution in [0.2, 0.25) is 0 Å². The number of ether oxygens (including phenoxy) is 1. The number of carbonyl (C=O) groups excluding carboxylic acids is 1. The van der Waals surface area contributed by atoms with E-state index in [0.29, 0.717) is 39.0 Å². The Balaban J connectivity index is 1.82. The van der Waals surface area contributed by atoms with Crippen LogP contribution in [0.4, 0.5) is 9.18 Å². The molecule has 2 aliphatic rings. The Morgan fingerprint density at radius 2 is 1.81 bits per heavy atom. The summed E-state index contributed by atoms with van der Waals surface area (Å²) in [5.41, 5.74) is -0.488. The molecular weight excluding hydrogens is 275 g/mol. The predicted octanol–water partition coefficient (Wildman–Crippen LogP) is 1.79. The molecule has 3 atom stereocenters.